The molecule has 0 aromatic heterocycles. The molecular formula is C15H19NO2. The van der Waals surface area contributed by atoms with Crippen molar-refractivity contribution in [1.82, 2.24) is 4.90 Å². The van der Waals surface area contributed by atoms with Gasteiger partial charge in [0.2, 0.25) is 0 Å². The molecule has 0 saturated carbocycles. The molecule has 1 heterocycles. The lowest BCUT2D eigenvalue weighted by atomic mass is 10.1. The number of rotatable bonds is 4. The number of Topliss-reactive ketones (excluding diaryl/α,β-unsaturated/α-hetero) is 1. The second kappa shape index (κ2) is 4.92. The second-order valence-electron chi connectivity index (χ2n) is 4.95. The smallest absolute Gasteiger partial charge is 0.255 e. The third kappa shape index (κ3) is 2.05. The van der Waals surface area contributed by atoms with Crippen molar-refractivity contribution in [2.45, 2.75) is 46.2 Å². The van der Waals surface area contributed by atoms with E-state index in [-0.39, 0.29) is 17.7 Å². The van der Waals surface area contributed by atoms with Gasteiger partial charge in [-0.25, -0.2) is 0 Å². The van der Waals surface area contributed by atoms with Crippen LogP contribution >= 0.6 is 0 Å². The van der Waals surface area contributed by atoms with E-state index in [1.54, 1.807) is 11.8 Å². The minimum atomic E-state index is -0.269. The maximum atomic E-state index is 12.3. The van der Waals surface area contributed by atoms with Crippen LogP contribution in [-0.2, 0) is 11.3 Å². The lowest BCUT2D eigenvalue weighted by Gasteiger charge is -2.25. The van der Waals surface area contributed by atoms with Crippen molar-refractivity contribution in [2.75, 3.05) is 0 Å². The van der Waals surface area contributed by atoms with Crippen molar-refractivity contribution in [3.8, 4) is 0 Å². The summed E-state index contributed by atoms with van der Waals surface area (Å²) in [6, 6.07) is 5.50. The van der Waals surface area contributed by atoms with Crippen molar-refractivity contribution < 1.29 is 9.59 Å². The zero-order chi connectivity index (χ0) is 13.3. The van der Waals surface area contributed by atoms with Gasteiger partial charge in [-0.2, -0.15) is 0 Å². The van der Waals surface area contributed by atoms with Gasteiger partial charge in [-0.3, -0.25) is 9.59 Å². The summed E-state index contributed by atoms with van der Waals surface area (Å²) in [7, 11) is 0. The normalized spacial score (nSPS) is 15.7. The van der Waals surface area contributed by atoms with Gasteiger partial charge in [0.15, 0.2) is 5.78 Å². The zero-order valence-corrected chi connectivity index (χ0v) is 11.2. The van der Waals surface area contributed by atoms with Crippen LogP contribution in [-0.4, -0.2) is 22.6 Å². The van der Waals surface area contributed by atoms with Crippen LogP contribution in [0.25, 0.3) is 0 Å². The number of aryl methyl sites for hydroxylation is 1. The van der Waals surface area contributed by atoms with E-state index in [1.165, 1.54) is 0 Å². The molecule has 96 valence electrons. The van der Waals surface area contributed by atoms with Crippen LogP contribution in [0.1, 0.15) is 48.2 Å². The monoisotopic (exact) mass is 245 g/mol. The predicted octanol–water partition coefficient (Wildman–Crippen LogP) is 2.71. The summed E-state index contributed by atoms with van der Waals surface area (Å²) in [5.74, 6) is 0.0815. The van der Waals surface area contributed by atoms with E-state index in [1.807, 2.05) is 32.0 Å². The molecule has 1 aromatic carbocycles. The van der Waals surface area contributed by atoms with Crippen LogP contribution in [0.4, 0.5) is 0 Å². The van der Waals surface area contributed by atoms with Gasteiger partial charge in [-0.05, 0) is 37.5 Å². The third-order valence-electron chi connectivity index (χ3n) is 3.64. The topological polar surface area (TPSA) is 37.4 Å². The Bertz CT molecular complexity index is 493. The zero-order valence-electron chi connectivity index (χ0n) is 11.2. The second-order valence-corrected chi connectivity index (χ2v) is 4.95. The highest BCUT2D eigenvalue weighted by Crippen LogP contribution is 2.28. The highest BCUT2D eigenvalue weighted by molar-refractivity contribution is 6.01. The Hall–Kier alpha value is -1.64. The predicted molar refractivity (Wildman–Crippen MR) is 70.4 cm³/mol. The number of ketones is 1. The fourth-order valence-electron chi connectivity index (χ4n) is 2.61. The highest BCUT2D eigenvalue weighted by Gasteiger charge is 2.34. The molecule has 0 aliphatic carbocycles. The molecule has 3 nitrogen and oxygen atoms in total. The summed E-state index contributed by atoms with van der Waals surface area (Å²) in [4.78, 5) is 25.8. The Kier molecular flexibility index (Phi) is 3.50. The molecule has 0 saturated heterocycles. The Morgan fingerprint density at radius 1 is 1.44 bits per heavy atom. The molecule has 18 heavy (non-hydrogen) atoms. The number of fused-ring (bicyclic) bond motifs is 1. The molecule has 1 amide bonds. The lowest BCUT2D eigenvalue weighted by molar-refractivity contribution is -0.121. The average molecular weight is 245 g/mol. The molecule has 0 radical (unpaired) electrons. The molecular weight excluding hydrogens is 226 g/mol. The van der Waals surface area contributed by atoms with Crippen molar-refractivity contribution in [1.29, 1.82) is 0 Å². The van der Waals surface area contributed by atoms with Gasteiger partial charge in [0.1, 0.15) is 0 Å². The lowest BCUT2D eigenvalue weighted by Crippen LogP contribution is -2.40. The number of hydrogen-bond donors (Lipinski definition) is 0. The van der Waals surface area contributed by atoms with Crippen LogP contribution in [0, 0.1) is 6.92 Å². The summed E-state index contributed by atoms with van der Waals surface area (Å²) in [6.45, 7) is 6.20. The molecule has 3 heteroatoms. The maximum Gasteiger partial charge on any atom is 0.255 e. The summed E-state index contributed by atoms with van der Waals surface area (Å²) in [6.07, 6.45) is 1.65. The van der Waals surface area contributed by atoms with E-state index >= 15 is 0 Å². The quantitative estimate of drug-likeness (QED) is 0.818. The van der Waals surface area contributed by atoms with Crippen LogP contribution in [0.3, 0.4) is 0 Å². The van der Waals surface area contributed by atoms with Gasteiger partial charge in [-0.15, -0.1) is 0 Å². The number of carbonyl (C=O) groups excluding carboxylic acids is 2. The summed E-state index contributed by atoms with van der Waals surface area (Å²) < 4.78 is 0. The number of benzene rings is 1. The van der Waals surface area contributed by atoms with E-state index in [4.69, 9.17) is 0 Å². The van der Waals surface area contributed by atoms with E-state index in [0.29, 0.717) is 6.54 Å². The van der Waals surface area contributed by atoms with Crippen molar-refractivity contribution in [3.63, 3.8) is 0 Å². The van der Waals surface area contributed by atoms with Crippen LogP contribution in [0.5, 0.6) is 0 Å². The number of hydrogen-bond acceptors (Lipinski definition) is 2. The van der Waals surface area contributed by atoms with E-state index in [9.17, 15) is 9.59 Å². The molecule has 1 aliphatic rings. The van der Waals surface area contributed by atoms with E-state index < -0.39 is 0 Å². The fourth-order valence-corrected chi connectivity index (χ4v) is 2.61. The number of carbonyl (C=O) groups is 2. The first-order valence-electron chi connectivity index (χ1n) is 6.46. The van der Waals surface area contributed by atoms with Crippen LogP contribution < -0.4 is 0 Å². The summed E-state index contributed by atoms with van der Waals surface area (Å²) >= 11 is 0. The number of nitrogens with zero attached hydrogens (tertiary/aromatic N) is 1. The molecule has 0 unspecified atom stereocenters. The molecule has 0 bridgehead atoms. The van der Waals surface area contributed by atoms with Crippen molar-refractivity contribution in [2.24, 2.45) is 0 Å². The minimum absolute atomic E-state index is 0.00218. The van der Waals surface area contributed by atoms with Gasteiger partial charge >= 0.3 is 0 Å². The van der Waals surface area contributed by atoms with Crippen LogP contribution in [0.2, 0.25) is 0 Å². The Balaban J connectivity index is 2.33. The maximum absolute atomic E-state index is 12.3. The van der Waals surface area contributed by atoms with Gasteiger partial charge in [0, 0.05) is 12.1 Å². The molecule has 0 fully saturated rings. The van der Waals surface area contributed by atoms with Crippen LogP contribution in [0.15, 0.2) is 18.2 Å². The molecule has 1 aromatic rings. The fraction of sp³-hybridized carbons (Fsp3) is 0.467. The Morgan fingerprint density at radius 2 is 2.17 bits per heavy atom. The highest BCUT2D eigenvalue weighted by atomic mass is 16.2. The number of amides is 1. The minimum Gasteiger partial charge on any atom is -0.324 e. The Morgan fingerprint density at radius 3 is 2.72 bits per heavy atom. The van der Waals surface area contributed by atoms with Crippen molar-refractivity contribution >= 4 is 11.7 Å². The standard InChI is InChI=1S/C15H19NO2/c1-4-6-14(11(3)17)16-9-13-10(2)7-5-8-12(13)15(16)18/h5,7-8,14H,4,6,9H2,1-3H3/t14-/m0/s1. The van der Waals surface area contributed by atoms with E-state index in [0.717, 1.165) is 29.5 Å². The first kappa shape index (κ1) is 12.8. The summed E-state index contributed by atoms with van der Waals surface area (Å²) in [5.41, 5.74) is 2.96. The molecule has 0 spiro atoms. The SMILES string of the molecule is CCC[C@@H](C(C)=O)N1Cc2c(C)cccc2C1=O. The average Bonchev–Trinajstić information content (AvgIpc) is 2.65. The molecule has 1 aliphatic heterocycles. The largest absolute Gasteiger partial charge is 0.324 e. The first-order chi connectivity index (χ1) is 8.56. The van der Waals surface area contributed by atoms with Gasteiger partial charge < -0.3 is 4.90 Å². The first-order valence-corrected chi connectivity index (χ1v) is 6.46. The third-order valence-corrected chi connectivity index (χ3v) is 3.64. The molecule has 2 rings (SSSR count). The molecule has 1 atom stereocenters. The van der Waals surface area contributed by atoms with Crippen molar-refractivity contribution in [3.05, 3.63) is 34.9 Å². The molecule has 0 N–H and O–H groups in total. The Labute approximate surface area is 108 Å². The van der Waals surface area contributed by atoms with Gasteiger partial charge in [0.25, 0.3) is 5.91 Å². The van der Waals surface area contributed by atoms with Gasteiger partial charge in [0.05, 0.1) is 6.04 Å². The van der Waals surface area contributed by atoms with E-state index in [2.05, 4.69) is 0 Å². The van der Waals surface area contributed by atoms with Gasteiger partial charge in [-0.1, -0.05) is 25.5 Å². The summed E-state index contributed by atoms with van der Waals surface area (Å²) in [5, 5.41) is 0.